The molecule has 2 N–H and O–H groups in total. The zero-order valence-electron chi connectivity index (χ0n) is 6.66. The van der Waals surface area contributed by atoms with Gasteiger partial charge >= 0.3 is 0 Å². The van der Waals surface area contributed by atoms with Crippen LogP contribution in [0.3, 0.4) is 0 Å². The van der Waals surface area contributed by atoms with Crippen LogP contribution in [-0.2, 0) is 7.05 Å². The molecule has 4 nitrogen and oxygen atoms in total. The van der Waals surface area contributed by atoms with Gasteiger partial charge in [0.15, 0.2) is 5.78 Å². The minimum Gasteiger partial charge on any atom is -0.331 e. The summed E-state index contributed by atoms with van der Waals surface area (Å²) in [7, 11) is 1.78. The van der Waals surface area contributed by atoms with Gasteiger partial charge in [0, 0.05) is 7.05 Å². The fourth-order valence-corrected chi connectivity index (χ4v) is 1.04. The van der Waals surface area contributed by atoms with Gasteiger partial charge in [-0.15, -0.1) is 0 Å². The quantitative estimate of drug-likeness (QED) is 0.602. The van der Waals surface area contributed by atoms with Crippen LogP contribution in [0.15, 0.2) is 6.33 Å². The first-order chi connectivity index (χ1) is 5.16. The van der Waals surface area contributed by atoms with Crippen LogP contribution < -0.4 is 5.73 Å². The van der Waals surface area contributed by atoms with E-state index in [1.54, 1.807) is 24.9 Å². The van der Waals surface area contributed by atoms with Gasteiger partial charge in [0.25, 0.3) is 0 Å². The molecule has 0 aliphatic carbocycles. The Morgan fingerprint density at radius 2 is 2.45 bits per heavy atom. The second-order valence-electron chi connectivity index (χ2n) is 2.42. The third-order valence-corrected chi connectivity index (χ3v) is 1.57. The maximum atomic E-state index is 11.1. The predicted octanol–water partition coefficient (Wildman–Crippen LogP) is -0.130. The highest BCUT2D eigenvalue weighted by Gasteiger charge is 2.11. The first-order valence-electron chi connectivity index (χ1n) is 3.38. The molecule has 1 aromatic heterocycles. The maximum Gasteiger partial charge on any atom is 0.194 e. The zero-order chi connectivity index (χ0) is 8.43. The Bertz CT molecular complexity index is 258. The van der Waals surface area contributed by atoms with E-state index in [4.69, 9.17) is 5.73 Å². The van der Waals surface area contributed by atoms with Crippen molar-refractivity contribution in [2.75, 3.05) is 6.54 Å². The van der Waals surface area contributed by atoms with Gasteiger partial charge in [-0.25, -0.2) is 4.98 Å². The molecular weight excluding hydrogens is 142 g/mol. The number of ketones is 1. The SMILES string of the molecule is Cc1ncn(C)c1C(=O)CN. The first-order valence-corrected chi connectivity index (χ1v) is 3.38. The molecule has 4 heteroatoms. The fourth-order valence-electron chi connectivity index (χ4n) is 1.04. The second-order valence-corrected chi connectivity index (χ2v) is 2.42. The Kier molecular flexibility index (Phi) is 2.05. The van der Waals surface area contributed by atoms with Gasteiger partial charge in [0.1, 0.15) is 5.69 Å². The van der Waals surface area contributed by atoms with Crippen molar-refractivity contribution in [2.24, 2.45) is 12.8 Å². The van der Waals surface area contributed by atoms with E-state index in [0.29, 0.717) is 5.69 Å². The lowest BCUT2D eigenvalue weighted by molar-refractivity contribution is 0.0993. The largest absolute Gasteiger partial charge is 0.331 e. The smallest absolute Gasteiger partial charge is 0.194 e. The second kappa shape index (κ2) is 2.84. The van der Waals surface area contributed by atoms with Gasteiger partial charge in [-0.2, -0.15) is 0 Å². The number of imidazole rings is 1. The molecule has 0 unspecified atom stereocenters. The summed E-state index contributed by atoms with van der Waals surface area (Å²) in [6, 6.07) is 0. The van der Waals surface area contributed by atoms with Gasteiger partial charge in [0.05, 0.1) is 18.6 Å². The van der Waals surface area contributed by atoms with Crippen LogP contribution in [0.1, 0.15) is 16.2 Å². The van der Waals surface area contributed by atoms with Crippen molar-refractivity contribution >= 4 is 5.78 Å². The molecule has 0 amide bonds. The molecule has 0 aliphatic heterocycles. The number of rotatable bonds is 2. The summed E-state index contributed by atoms with van der Waals surface area (Å²) in [5.74, 6) is -0.0671. The first kappa shape index (κ1) is 7.94. The normalized spacial score (nSPS) is 10.1. The monoisotopic (exact) mass is 153 g/mol. The average molecular weight is 153 g/mol. The Hall–Kier alpha value is -1.16. The van der Waals surface area contributed by atoms with E-state index >= 15 is 0 Å². The van der Waals surface area contributed by atoms with Crippen LogP contribution in [0.25, 0.3) is 0 Å². The standard InChI is InChI=1S/C7H11N3O/c1-5-7(6(11)3-8)10(2)4-9-5/h4H,3,8H2,1-2H3. The van der Waals surface area contributed by atoms with Crippen LogP contribution in [0.2, 0.25) is 0 Å². The van der Waals surface area contributed by atoms with Crippen LogP contribution in [0.4, 0.5) is 0 Å². The van der Waals surface area contributed by atoms with Crippen molar-refractivity contribution in [3.63, 3.8) is 0 Å². The minimum atomic E-state index is -0.0671. The van der Waals surface area contributed by atoms with Crippen LogP contribution in [0, 0.1) is 6.92 Å². The third kappa shape index (κ3) is 1.30. The van der Waals surface area contributed by atoms with Crippen molar-refractivity contribution in [3.05, 3.63) is 17.7 Å². The summed E-state index contributed by atoms with van der Waals surface area (Å²) in [4.78, 5) is 15.1. The van der Waals surface area contributed by atoms with Crippen LogP contribution in [-0.4, -0.2) is 21.9 Å². The lowest BCUT2D eigenvalue weighted by Crippen LogP contribution is -2.17. The Balaban J connectivity index is 3.10. The minimum absolute atomic E-state index is 0.0420. The lowest BCUT2D eigenvalue weighted by Gasteiger charge is -1.98. The van der Waals surface area contributed by atoms with Gasteiger partial charge < -0.3 is 10.3 Å². The topological polar surface area (TPSA) is 60.9 Å². The van der Waals surface area contributed by atoms with E-state index in [0.717, 1.165) is 5.69 Å². The number of hydrogen-bond acceptors (Lipinski definition) is 3. The van der Waals surface area contributed by atoms with Crippen molar-refractivity contribution in [3.8, 4) is 0 Å². The molecule has 0 saturated heterocycles. The number of nitrogens with two attached hydrogens (primary N) is 1. The van der Waals surface area contributed by atoms with E-state index < -0.39 is 0 Å². The van der Waals surface area contributed by atoms with Gasteiger partial charge in [0.2, 0.25) is 0 Å². The summed E-state index contributed by atoms with van der Waals surface area (Å²) in [5.41, 5.74) is 6.55. The van der Waals surface area contributed by atoms with E-state index in [9.17, 15) is 4.79 Å². The van der Waals surface area contributed by atoms with E-state index in [-0.39, 0.29) is 12.3 Å². The van der Waals surface area contributed by atoms with E-state index in [1.807, 2.05) is 0 Å². The molecule has 1 rings (SSSR count). The molecule has 0 radical (unpaired) electrons. The van der Waals surface area contributed by atoms with E-state index in [1.165, 1.54) is 0 Å². The molecule has 0 bridgehead atoms. The maximum absolute atomic E-state index is 11.1. The summed E-state index contributed by atoms with van der Waals surface area (Å²) in [6.45, 7) is 1.84. The summed E-state index contributed by atoms with van der Waals surface area (Å²) in [6.07, 6.45) is 1.61. The van der Waals surface area contributed by atoms with Gasteiger partial charge in [-0.3, -0.25) is 4.79 Å². The fraction of sp³-hybridized carbons (Fsp3) is 0.429. The number of aromatic nitrogens is 2. The third-order valence-electron chi connectivity index (χ3n) is 1.57. The molecule has 0 fully saturated rings. The lowest BCUT2D eigenvalue weighted by atomic mass is 10.2. The zero-order valence-corrected chi connectivity index (χ0v) is 6.66. The molecule has 1 heterocycles. The number of nitrogens with zero attached hydrogens (tertiary/aromatic N) is 2. The summed E-state index contributed by atoms with van der Waals surface area (Å²) in [5, 5.41) is 0. The summed E-state index contributed by atoms with van der Waals surface area (Å²) >= 11 is 0. The van der Waals surface area contributed by atoms with Crippen molar-refractivity contribution < 1.29 is 4.79 Å². The molecule has 0 aliphatic rings. The number of carbonyl (C=O) groups is 1. The van der Waals surface area contributed by atoms with Crippen LogP contribution in [0.5, 0.6) is 0 Å². The number of hydrogen-bond donors (Lipinski definition) is 1. The molecule has 0 atom stereocenters. The predicted molar refractivity (Wildman–Crippen MR) is 41.3 cm³/mol. The molecule has 0 spiro atoms. The van der Waals surface area contributed by atoms with Crippen molar-refractivity contribution in [2.45, 2.75) is 6.92 Å². The number of carbonyl (C=O) groups excluding carboxylic acids is 1. The molecule has 60 valence electrons. The molecule has 11 heavy (non-hydrogen) atoms. The summed E-state index contributed by atoms with van der Waals surface area (Å²) < 4.78 is 1.69. The molecule has 0 aromatic carbocycles. The Morgan fingerprint density at radius 1 is 1.82 bits per heavy atom. The highest BCUT2D eigenvalue weighted by atomic mass is 16.1. The van der Waals surface area contributed by atoms with E-state index in [2.05, 4.69) is 4.98 Å². The Morgan fingerprint density at radius 3 is 2.82 bits per heavy atom. The van der Waals surface area contributed by atoms with Gasteiger partial charge in [-0.05, 0) is 6.92 Å². The van der Waals surface area contributed by atoms with Gasteiger partial charge in [-0.1, -0.05) is 0 Å². The molecule has 0 saturated carbocycles. The molecular formula is C7H11N3O. The average Bonchev–Trinajstić information content (AvgIpc) is 2.30. The molecule has 1 aromatic rings. The number of aryl methyl sites for hydroxylation is 2. The highest BCUT2D eigenvalue weighted by Crippen LogP contribution is 2.03. The Labute approximate surface area is 65.0 Å². The van der Waals surface area contributed by atoms with Crippen molar-refractivity contribution in [1.29, 1.82) is 0 Å². The van der Waals surface area contributed by atoms with Crippen LogP contribution >= 0.6 is 0 Å². The van der Waals surface area contributed by atoms with Crippen molar-refractivity contribution in [1.82, 2.24) is 9.55 Å². The highest BCUT2D eigenvalue weighted by molar-refractivity contribution is 5.96. The number of Topliss-reactive ketones (excluding diaryl/α,β-unsaturated/α-hetero) is 1.